The van der Waals surface area contributed by atoms with Crippen molar-refractivity contribution >= 4 is 5.91 Å². The predicted molar refractivity (Wildman–Crippen MR) is 70.3 cm³/mol. The molecule has 1 amide bonds. The number of amides is 1. The maximum atomic E-state index is 13.5. The Kier molecular flexibility index (Phi) is 5.89. The highest BCUT2D eigenvalue weighted by atomic mass is 19.1. The molecule has 0 aliphatic carbocycles. The Hall–Kier alpha value is -1.49. The summed E-state index contributed by atoms with van der Waals surface area (Å²) < 4.78 is 26.3. The molecular formula is C14H20F2N2O. The van der Waals surface area contributed by atoms with Crippen LogP contribution in [0.2, 0.25) is 0 Å². The van der Waals surface area contributed by atoms with E-state index in [1.54, 1.807) is 7.05 Å². The molecule has 0 spiro atoms. The zero-order chi connectivity index (χ0) is 14.4. The minimum Gasteiger partial charge on any atom is -0.341 e. The molecule has 1 aromatic carbocycles. The Morgan fingerprint density at radius 1 is 1.42 bits per heavy atom. The van der Waals surface area contributed by atoms with Crippen LogP contribution in [0.5, 0.6) is 0 Å². The van der Waals surface area contributed by atoms with Gasteiger partial charge in [0.2, 0.25) is 5.91 Å². The van der Waals surface area contributed by atoms with Crippen LogP contribution in [0.25, 0.3) is 0 Å². The van der Waals surface area contributed by atoms with Gasteiger partial charge in [-0.2, -0.15) is 0 Å². The first kappa shape index (κ1) is 15.6. The van der Waals surface area contributed by atoms with Gasteiger partial charge >= 0.3 is 0 Å². The number of benzene rings is 1. The van der Waals surface area contributed by atoms with Crippen LogP contribution < -0.4 is 5.73 Å². The second kappa shape index (κ2) is 7.19. The van der Waals surface area contributed by atoms with Crippen LogP contribution in [0.3, 0.4) is 0 Å². The molecule has 0 heterocycles. The van der Waals surface area contributed by atoms with Gasteiger partial charge in [-0.15, -0.1) is 0 Å². The van der Waals surface area contributed by atoms with Crippen molar-refractivity contribution in [3.63, 3.8) is 0 Å². The van der Waals surface area contributed by atoms with Crippen molar-refractivity contribution in [1.82, 2.24) is 4.90 Å². The second-order valence-corrected chi connectivity index (χ2v) is 4.65. The molecule has 0 radical (unpaired) electrons. The minimum atomic E-state index is -0.639. The van der Waals surface area contributed by atoms with Gasteiger partial charge in [0.05, 0.1) is 5.92 Å². The van der Waals surface area contributed by atoms with Crippen molar-refractivity contribution < 1.29 is 13.6 Å². The van der Waals surface area contributed by atoms with Crippen LogP contribution in [0.15, 0.2) is 18.2 Å². The third kappa shape index (κ3) is 4.28. The molecular weight excluding hydrogens is 250 g/mol. The summed E-state index contributed by atoms with van der Waals surface area (Å²) >= 11 is 0. The third-order valence-corrected chi connectivity index (χ3v) is 3.07. The summed E-state index contributed by atoms with van der Waals surface area (Å²) in [6, 6.07) is 3.36. The number of halogens is 2. The highest BCUT2D eigenvalue weighted by molar-refractivity contribution is 5.78. The topological polar surface area (TPSA) is 46.3 Å². The van der Waals surface area contributed by atoms with Gasteiger partial charge in [0, 0.05) is 31.8 Å². The Morgan fingerprint density at radius 2 is 2.11 bits per heavy atom. The molecule has 3 nitrogen and oxygen atoms in total. The first-order valence-electron chi connectivity index (χ1n) is 6.38. The Morgan fingerprint density at radius 3 is 2.63 bits per heavy atom. The molecule has 5 heteroatoms. The maximum absolute atomic E-state index is 13.5. The van der Waals surface area contributed by atoms with E-state index in [1.807, 2.05) is 6.92 Å². The molecule has 106 valence electrons. The van der Waals surface area contributed by atoms with Gasteiger partial charge in [0.1, 0.15) is 11.6 Å². The number of carbonyl (C=O) groups is 1. The average Bonchev–Trinajstić information content (AvgIpc) is 2.38. The monoisotopic (exact) mass is 270 g/mol. The van der Waals surface area contributed by atoms with E-state index in [4.69, 9.17) is 5.73 Å². The van der Waals surface area contributed by atoms with Crippen LogP contribution in [0, 0.1) is 17.6 Å². The van der Waals surface area contributed by atoms with E-state index in [0.29, 0.717) is 12.0 Å². The van der Waals surface area contributed by atoms with Crippen molar-refractivity contribution in [2.45, 2.75) is 26.3 Å². The largest absolute Gasteiger partial charge is 0.341 e. The van der Waals surface area contributed by atoms with Gasteiger partial charge in [-0.05, 0) is 12.5 Å². The van der Waals surface area contributed by atoms with Gasteiger partial charge in [-0.25, -0.2) is 8.78 Å². The fourth-order valence-electron chi connectivity index (χ4n) is 1.99. The Labute approximate surface area is 112 Å². The standard InChI is InChI=1S/C14H20F2N2O/c1-3-4-10(8-17)14(19)18(2)9-11-5-6-12(15)7-13(11)16/h5-7,10H,3-4,8-9,17H2,1-2H3. The Balaban J connectivity index is 2.72. The van der Waals surface area contributed by atoms with Gasteiger partial charge < -0.3 is 10.6 Å². The molecule has 0 saturated heterocycles. The van der Waals surface area contributed by atoms with E-state index in [9.17, 15) is 13.6 Å². The lowest BCUT2D eigenvalue weighted by atomic mass is 10.0. The first-order valence-corrected chi connectivity index (χ1v) is 6.38. The summed E-state index contributed by atoms with van der Waals surface area (Å²) in [7, 11) is 1.60. The highest BCUT2D eigenvalue weighted by Gasteiger charge is 2.20. The summed E-state index contributed by atoms with van der Waals surface area (Å²) in [5.41, 5.74) is 5.87. The third-order valence-electron chi connectivity index (χ3n) is 3.07. The summed E-state index contributed by atoms with van der Waals surface area (Å²) in [5, 5.41) is 0. The molecule has 19 heavy (non-hydrogen) atoms. The van der Waals surface area contributed by atoms with Crippen LogP contribution in [0.4, 0.5) is 8.78 Å². The zero-order valence-electron chi connectivity index (χ0n) is 11.3. The summed E-state index contributed by atoms with van der Waals surface area (Å²) in [4.78, 5) is 13.5. The van der Waals surface area contributed by atoms with Gasteiger partial charge in [0.15, 0.2) is 0 Å². The molecule has 2 N–H and O–H groups in total. The summed E-state index contributed by atoms with van der Waals surface area (Å²) in [6.45, 7) is 2.38. The van der Waals surface area contributed by atoms with Crippen LogP contribution >= 0.6 is 0 Å². The lowest BCUT2D eigenvalue weighted by Crippen LogP contribution is -2.36. The molecule has 1 rings (SSSR count). The van der Waals surface area contributed by atoms with E-state index in [2.05, 4.69) is 0 Å². The molecule has 1 atom stereocenters. The lowest BCUT2D eigenvalue weighted by molar-refractivity contribution is -0.134. The normalized spacial score (nSPS) is 12.3. The first-order chi connectivity index (χ1) is 8.99. The summed E-state index contributed by atoms with van der Waals surface area (Å²) in [5.74, 6) is -1.60. The number of nitrogens with zero attached hydrogens (tertiary/aromatic N) is 1. The van der Waals surface area contributed by atoms with Crippen molar-refractivity contribution in [1.29, 1.82) is 0 Å². The van der Waals surface area contributed by atoms with Gasteiger partial charge in [0.25, 0.3) is 0 Å². The van der Waals surface area contributed by atoms with Crippen LogP contribution in [0.1, 0.15) is 25.3 Å². The SMILES string of the molecule is CCCC(CN)C(=O)N(C)Cc1ccc(F)cc1F. The van der Waals surface area contributed by atoms with Crippen molar-refractivity contribution in [3.05, 3.63) is 35.4 Å². The molecule has 0 fully saturated rings. The molecule has 0 saturated carbocycles. The molecule has 0 bridgehead atoms. The average molecular weight is 270 g/mol. The molecule has 0 aliphatic heterocycles. The van der Waals surface area contributed by atoms with Crippen LogP contribution in [-0.2, 0) is 11.3 Å². The Bertz CT molecular complexity index is 437. The van der Waals surface area contributed by atoms with Gasteiger partial charge in [-0.1, -0.05) is 19.4 Å². The minimum absolute atomic E-state index is 0.104. The lowest BCUT2D eigenvalue weighted by Gasteiger charge is -2.23. The maximum Gasteiger partial charge on any atom is 0.226 e. The van der Waals surface area contributed by atoms with Crippen molar-refractivity contribution in [2.24, 2.45) is 11.7 Å². The quantitative estimate of drug-likeness (QED) is 0.862. The summed E-state index contributed by atoms with van der Waals surface area (Å²) in [6.07, 6.45) is 1.58. The van der Waals surface area contributed by atoms with E-state index >= 15 is 0 Å². The highest BCUT2D eigenvalue weighted by Crippen LogP contribution is 2.14. The van der Waals surface area contributed by atoms with Crippen molar-refractivity contribution in [3.8, 4) is 0 Å². The fraction of sp³-hybridized carbons (Fsp3) is 0.500. The molecule has 1 unspecified atom stereocenters. The zero-order valence-corrected chi connectivity index (χ0v) is 11.3. The number of rotatable bonds is 6. The molecule has 1 aromatic rings. The van der Waals surface area contributed by atoms with E-state index in [0.717, 1.165) is 12.5 Å². The molecule has 0 aliphatic rings. The van der Waals surface area contributed by atoms with Crippen LogP contribution in [-0.4, -0.2) is 24.4 Å². The molecule has 0 aromatic heterocycles. The van der Waals surface area contributed by atoms with E-state index in [1.165, 1.54) is 17.0 Å². The van der Waals surface area contributed by atoms with E-state index < -0.39 is 11.6 Å². The number of carbonyl (C=O) groups excluding carboxylic acids is 1. The smallest absolute Gasteiger partial charge is 0.226 e. The fourth-order valence-corrected chi connectivity index (χ4v) is 1.99. The predicted octanol–water partition coefficient (Wildman–Crippen LogP) is 2.30. The second-order valence-electron chi connectivity index (χ2n) is 4.65. The number of hydrogen-bond donors (Lipinski definition) is 1. The van der Waals surface area contributed by atoms with E-state index in [-0.39, 0.29) is 24.9 Å². The number of hydrogen-bond acceptors (Lipinski definition) is 2. The van der Waals surface area contributed by atoms with Gasteiger partial charge in [-0.3, -0.25) is 4.79 Å². The number of nitrogens with two attached hydrogens (primary N) is 1. The van der Waals surface area contributed by atoms with Crippen molar-refractivity contribution in [2.75, 3.05) is 13.6 Å².